The van der Waals surface area contributed by atoms with Crippen molar-refractivity contribution in [2.24, 2.45) is 5.10 Å². The number of hydrogen-bond acceptors (Lipinski definition) is 3. The molecule has 3 nitrogen and oxygen atoms in total. The van der Waals surface area contributed by atoms with Gasteiger partial charge in [0, 0.05) is 21.9 Å². The Bertz CT molecular complexity index is 617. The molecule has 1 amide bonds. The fraction of sp³-hybridized carbons (Fsp3) is 0.176. The number of hydrazone groups is 1. The molecule has 0 heterocycles. The average Bonchev–Trinajstić information content (AvgIpc) is 2.52. The van der Waals surface area contributed by atoms with E-state index in [0.717, 1.165) is 11.5 Å². The topological polar surface area (TPSA) is 41.5 Å². The van der Waals surface area contributed by atoms with E-state index in [9.17, 15) is 4.79 Å². The Balaban J connectivity index is 1.93. The number of thioether (sulfide) groups is 1. The molecule has 0 fully saturated rings. The van der Waals surface area contributed by atoms with E-state index in [4.69, 9.17) is 0 Å². The quantitative estimate of drug-likeness (QED) is 0.513. The van der Waals surface area contributed by atoms with E-state index in [1.54, 1.807) is 11.8 Å². The van der Waals surface area contributed by atoms with Crippen molar-refractivity contribution in [2.45, 2.75) is 24.5 Å². The zero-order chi connectivity index (χ0) is 15.1. The zero-order valence-corrected chi connectivity index (χ0v) is 13.0. The molecule has 0 aliphatic heterocycles. The third-order valence-electron chi connectivity index (χ3n) is 2.75. The maximum atomic E-state index is 11.8. The Morgan fingerprint density at radius 3 is 2.33 bits per heavy atom. The summed E-state index contributed by atoms with van der Waals surface area (Å²) in [5.74, 6) is 0.705. The first-order valence-electron chi connectivity index (χ1n) is 6.73. The highest BCUT2D eigenvalue weighted by Gasteiger charge is 2.04. The lowest BCUT2D eigenvalue weighted by atomic mass is 10.1. The number of rotatable bonds is 5. The highest BCUT2D eigenvalue weighted by Crippen LogP contribution is 2.22. The predicted octanol–water partition coefficient (Wildman–Crippen LogP) is 4.10. The molecule has 0 saturated heterocycles. The standard InChI is InChI=1S/C17H18N2OS/c1-13(2)18-19-17(20)15-10-8-14(9-11-15)12-21-16-6-4-3-5-7-16/h3-11H,12H2,1-2H3,(H,19,20). The lowest BCUT2D eigenvalue weighted by Crippen LogP contribution is -2.18. The van der Waals surface area contributed by atoms with Gasteiger partial charge in [0.1, 0.15) is 0 Å². The van der Waals surface area contributed by atoms with Crippen molar-refractivity contribution in [1.29, 1.82) is 0 Å². The molecule has 0 unspecified atom stereocenters. The summed E-state index contributed by atoms with van der Waals surface area (Å²) in [5, 5.41) is 3.91. The van der Waals surface area contributed by atoms with Crippen molar-refractivity contribution >= 4 is 23.4 Å². The van der Waals surface area contributed by atoms with Crippen LogP contribution in [0.25, 0.3) is 0 Å². The number of carbonyl (C=O) groups is 1. The van der Waals surface area contributed by atoms with Crippen LogP contribution >= 0.6 is 11.8 Å². The van der Waals surface area contributed by atoms with Crippen molar-refractivity contribution in [3.63, 3.8) is 0 Å². The van der Waals surface area contributed by atoms with E-state index >= 15 is 0 Å². The molecule has 0 radical (unpaired) electrons. The normalized spacial score (nSPS) is 10.0. The zero-order valence-electron chi connectivity index (χ0n) is 12.2. The molecule has 21 heavy (non-hydrogen) atoms. The molecular formula is C17H18N2OS. The first kappa shape index (κ1) is 15.3. The lowest BCUT2D eigenvalue weighted by molar-refractivity contribution is 0.0955. The van der Waals surface area contributed by atoms with Gasteiger partial charge in [0.15, 0.2) is 0 Å². The first-order chi connectivity index (χ1) is 10.1. The van der Waals surface area contributed by atoms with Crippen LogP contribution in [0.1, 0.15) is 29.8 Å². The third-order valence-corrected chi connectivity index (χ3v) is 3.83. The number of benzene rings is 2. The summed E-state index contributed by atoms with van der Waals surface area (Å²) in [6.45, 7) is 3.67. The van der Waals surface area contributed by atoms with Gasteiger partial charge in [0.25, 0.3) is 5.91 Å². The molecule has 4 heteroatoms. The summed E-state index contributed by atoms with van der Waals surface area (Å²) in [5.41, 5.74) is 5.15. The number of carbonyl (C=O) groups excluding carboxylic acids is 1. The van der Waals surface area contributed by atoms with Crippen molar-refractivity contribution in [2.75, 3.05) is 0 Å². The van der Waals surface area contributed by atoms with E-state index in [2.05, 4.69) is 22.7 Å². The van der Waals surface area contributed by atoms with Crippen molar-refractivity contribution < 1.29 is 4.79 Å². The van der Waals surface area contributed by atoms with Gasteiger partial charge >= 0.3 is 0 Å². The summed E-state index contributed by atoms with van der Waals surface area (Å²) in [4.78, 5) is 13.1. The van der Waals surface area contributed by atoms with Gasteiger partial charge in [-0.2, -0.15) is 5.10 Å². The Morgan fingerprint density at radius 1 is 1.05 bits per heavy atom. The molecule has 2 aromatic rings. The highest BCUT2D eigenvalue weighted by molar-refractivity contribution is 7.98. The molecule has 0 aliphatic carbocycles. The maximum Gasteiger partial charge on any atom is 0.271 e. The molecule has 108 valence electrons. The minimum Gasteiger partial charge on any atom is -0.267 e. The lowest BCUT2D eigenvalue weighted by Gasteiger charge is -2.04. The Hall–Kier alpha value is -2.07. The van der Waals surface area contributed by atoms with E-state index in [1.165, 1.54) is 10.5 Å². The summed E-state index contributed by atoms with van der Waals surface area (Å²) >= 11 is 1.78. The monoisotopic (exact) mass is 298 g/mol. The van der Waals surface area contributed by atoms with E-state index in [-0.39, 0.29) is 5.91 Å². The van der Waals surface area contributed by atoms with Crippen LogP contribution < -0.4 is 5.43 Å². The largest absolute Gasteiger partial charge is 0.271 e. The van der Waals surface area contributed by atoms with Gasteiger partial charge in [-0.3, -0.25) is 4.79 Å². The minimum absolute atomic E-state index is 0.182. The van der Waals surface area contributed by atoms with E-state index < -0.39 is 0 Å². The Kier molecular flexibility index (Phi) is 5.58. The van der Waals surface area contributed by atoms with Gasteiger partial charge in [0.2, 0.25) is 0 Å². The smallest absolute Gasteiger partial charge is 0.267 e. The first-order valence-corrected chi connectivity index (χ1v) is 7.72. The molecule has 0 atom stereocenters. The Labute approximate surface area is 129 Å². The number of nitrogens with zero attached hydrogens (tertiary/aromatic N) is 1. The summed E-state index contributed by atoms with van der Waals surface area (Å²) in [6.07, 6.45) is 0. The Morgan fingerprint density at radius 2 is 1.71 bits per heavy atom. The van der Waals surface area contributed by atoms with E-state index in [1.807, 2.05) is 56.3 Å². The molecule has 0 saturated carbocycles. The summed E-state index contributed by atoms with van der Waals surface area (Å²) < 4.78 is 0. The van der Waals surface area contributed by atoms with Crippen LogP contribution in [0.4, 0.5) is 0 Å². The van der Waals surface area contributed by atoms with Gasteiger partial charge in [-0.25, -0.2) is 5.43 Å². The van der Waals surface area contributed by atoms with Gasteiger partial charge in [-0.1, -0.05) is 30.3 Å². The molecule has 0 aromatic heterocycles. The number of nitrogens with one attached hydrogen (secondary N) is 1. The summed E-state index contributed by atoms with van der Waals surface area (Å²) in [7, 11) is 0. The van der Waals surface area contributed by atoms with Gasteiger partial charge in [-0.05, 0) is 43.7 Å². The van der Waals surface area contributed by atoms with Crippen LogP contribution in [0.15, 0.2) is 64.6 Å². The predicted molar refractivity (Wildman–Crippen MR) is 88.7 cm³/mol. The number of hydrogen-bond donors (Lipinski definition) is 1. The molecule has 0 aliphatic rings. The minimum atomic E-state index is -0.182. The van der Waals surface area contributed by atoms with Crippen molar-refractivity contribution in [3.05, 3.63) is 65.7 Å². The van der Waals surface area contributed by atoms with Crippen LogP contribution in [0.5, 0.6) is 0 Å². The second kappa shape index (κ2) is 7.64. The van der Waals surface area contributed by atoms with Crippen molar-refractivity contribution in [3.8, 4) is 0 Å². The SMILES string of the molecule is CC(C)=NNC(=O)c1ccc(CSc2ccccc2)cc1. The highest BCUT2D eigenvalue weighted by atomic mass is 32.2. The van der Waals surface area contributed by atoms with Gasteiger partial charge in [-0.15, -0.1) is 11.8 Å². The molecule has 0 bridgehead atoms. The van der Waals surface area contributed by atoms with Crippen LogP contribution in [-0.4, -0.2) is 11.6 Å². The molecular weight excluding hydrogens is 280 g/mol. The molecule has 2 aromatic carbocycles. The third kappa shape index (κ3) is 5.08. The van der Waals surface area contributed by atoms with E-state index in [0.29, 0.717) is 5.56 Å². The van der Waals surface area contributed by atoms with Gasteiger partial charge < -0.3 is 0 Å². The second-order valence-electron chi connectivity index (χ2n) is 4.80. The molecule has 0 spiro atoms. The van der Waals surface area contributed by atoms with Gasteiger partial charge in [0.05, 0.1) is 0 Å². The molecule has 1 N–H and O–H groups in total. The fourth-order valence-corrected chi connectivity index (χ4v) is 2.54. The maximum absolute atomic E-state index is 11.8. The second-order valence-corrected chi connectivity index (χ2v) is 5.85. The van der Waals surface area contributed by atoms with Crippen LogP contribution in [0.2, 0.25) is 0 Å². The van der Waals surface area contributed by atoms with Crippen LogP contribution in [0, 0.1) is 0 Å². The van der Waals surface area contributed by atoms with Crippen LogP contribution in [0.3, 0.4) is 0 Å². The summed E-state index contributed by atoms with van der Waals surface area (Å²) in [6, 6.07) is 17.9. The average molecular weight is 298 g/mol. The number of amides is 1. The molecule has 2 rings (SSSR count). The van der Waals surface area contributed by atoms with Crippen LogP contribution in [-0.2, 0) is 5.75 Å². The fourth-order valence-electron chi connectivity index (χ4n) is 1.66. The van der Waals surface area contributed by atoms with Crippen molar-refractivity contribution in [1.82, 2.24) is 5.43 Å².